The van der Waals surface area contributed by atoms with E-state index in [1.165, 1.54) is 12.8 Å². The first kappa shape index (κ1) is 8.29. The third kappa shape index (κ3) is 1.71. The molecule has 1 aliphatic carbocycles. The average molecular weight is 181 g/mol. The molecule has 4 heteroatoms. The summed E-state index contributed by atoms with van der Waals surface area (Å²) < 4.78 is 4.99. The lowest BCUT2D eigenvalue weighted by molar-refractivity contribution is 0.0659. The van der Waals surface area contributed by atoms with Crippen LogP contribution in [0.5, 0.6) is 0 Å². The van der Waals surface area contributed by atoms with Crippen LogP contribution in [0.3, 0.4) is 0 Å². The van der Waals surface area contributed by atoms with Gasteiger partial charge in [-0.25, -0.2) is 9.78 Å². The van der Waals surface area contributed by atoms with Gasteiger partial charge in [0.25, 0.3) is 0 Å². The molecule has 1 N–H and O–H groups in total. The minimum atomic E-state index is -1.02. The Balaban J connectivity index is 2.24. The van der Waals surface area contributed by atoms with Crippen molar-refractivity contribution in [1.29, 1.82) is 0 Å². The molecule has 0 aromatic carbocycles. The maximum absolute atomic E-state index is 10.7. The van der Waals surface area contributed by atoms with E-state index < -0.39 is 5.97 Å². The van der Waals surface area contributed by atoms with Gasteiger partial charge in [-0.05, 0) is 25.2 Å². The highest BCUT2D eigenvalue weighted by Gasteiger charge is 2.27. The van der Waals surface area contributed by atoms with E-state index in [4.69, 9.17) is 9.52 Å². The molecule has 1 saturated carbocycles. The van der Waals surface area contributed by atoms with E-state index in [2.05, 4.69) is 4.98 Å². The molecule has 0 atom stereocenters. The van der Waals surface area contributed by atoms with E-state index >= 15 is 0 Å². The Hall–Kier alpha value is -1.32. The van der Waals surface area contributed by atoms with Gasteiger partial charge in [-0.15, -0.1) is 0 Å². The monoisotopic (exact) mass is 181 g/mol. The van der Waals surface area contributed by atoms with Gasteiger partial charge in [0, 0.05) is 6.92 Å². The zero-order valence-electron chi connectivity index (χ0n) is 7.41. The number of hydrogen-bond donors (Lipinski definition) is 1. The predicted octanol–water partition coefficient (Wildman–Crippen LogP) is 1.63. The summed E-state index contributed by atoms with van der Waals surface area (Å²) in [5.41, 5.74) is 0.604. The van der Waals surface area contributed by atoms with Gasteiger partial charge in [0.1, 0.15) is 0 Å². The van der Waals surface area contributed by atoms with Crippen LogP contribution in [0.2, 0.25) is 0 Å². The van der Waals surface area contributed by atoms with Crippen LogP contribution in [-0.4, -0.2) is 16.1 Å². The van der Waals surface area contributed by atoms with Gasteiger partial charge in [-0.3, -0.25) is 0 Å². The zero-order chi connectivity index (χ0) is 9.42. The van der Waals surface area contributed by atoms with Gasteiger partial charge in [0.15, 0.2) is 5.89 Å². The Bertz CT molecular complexity index is 339. The normalized spacial score (nSPS) is 16.1. The van der Waals surface area contributed by atoms with E-state index in [1.54, 1.807) is 6.92 Å². The zero-order valence-corrected chi connectivity index (χ0v) is 7.41. The van der Waals surface area contributed by atoms with Crippen molar-refractivity contribution >= 4 is 5.97 Å². The highest BCUT2D eigenvalue weighted by Crippen LogP contribution is 2.33. The molecule has 0 spiro atoms. The van der Waals surface area contributed by atoms with Crippen LogP contribution in [0.15, 0.2) is 4.42 Å². The van der Waals surface area contributed by atoms with E-state index in [0.717, 1.165) is 6.42 Å². The third-order valence-electron chi connectivity index (χ3n) is 2.18. The molecule has 1 aromatic heterocycles. The number of carbonyl (C=O) groups is 1. The maximum Gasteiger partial charge on any atom is 0.373 e. The van der Waals surface area contributed by atoms with Crippen molar-refractivity contribution in [3.05, 3.63) is 17.3 Å². The van der Waals surface area contributed by atoms with Gasteiger partial charge in [0.05, 0.1) is 5.69 Å². The average Bonchev–Trinajstić information content (AvgIpc) is 2.75. The van der Waals surface area contributed by atoms with Gasteiger partial charge in [-0.1, -0.05) is 0 Å². The topological polar surface area (TPSA) is 63.3 Å². The summed E-state index contributed by atoms with van der Waals surface area (Å²) in [5.74, 6) is 0.0660. The SMILES string of the molecule is Cc1nc(CC2CC2)c(C(=O)O)o1. The summed E-state index contributed by atoms with van der Waals surface area (Å²) in [6, 6.07) is 0. The van der Waals surface area contributed by atoms with Crippen molar-refractivity contribution in [2.45, 2.75) is 26.2 Å². The summed E-state index contributed by atoms with van der Waals surface area (Å²) in [4.78, 5) is 14.8. The fourth-order valence-electron chi connectivity index (χ4n) is 1.37. The number of oxazole rings is 1. The Morgan fingerprint density at radius 2 is 2.38 bits per heavy atom. The minimum Gasteiger partial charge on any atom is -0.475 e. The molecule has 1 heterocycles. The van der Waals surface area contributed by atoms with Gasteiger partial charge >= 0.3 is 5.97 Å². The van der Waals surface area contributed by atoms with Crippen molar-refractivity contribution in [3.63, 3.8) is 0 Å². The van der Waals surface area contributed by atoms with Gasteiger partial charge in [-0.2, -0.15) is 0 Å². The number of aromatic carboxylic acids is 1. The maximum atomic E-state index is 10.7. The molecule has 0 aliphatic heterocycles. The van der Waals surface area contributed by atoms with E-state index in [0.29, 0.717) is 17.5 Å². The summed E-state index contributed by atoms with van der Waals surface area (Å²) in [7, 11) is 0. The summed E-state index contributed by atoms with van der Waals surface area (Å²) in [6.45, 7) is 1.67. The molecule has 1 fully saturated rings. The molecule has 70 valence electrons. The molecule has 0 amide bonds. The lowest BCUT2D eigenvalue weighted by Crippen LogP contribution is -2.00. The molecular weight excluding hydrogens is 170 g/mol. The third-order valence-corrected chi connectivity index (χ3v) is 2.18. The molecule has 2 rings (SSSR count). The molecule has 0 unspecified atom stereocenters. The number of aryl methyl sites for hydroxylation is 1. The number of rotatable bonds is 3. The van der Waals surface area contributed by atoms with Crippen molar-refractivity contribution in [2.75, 3.05) is 0 Å². The van der Waals surface area contributed by atoms with E-state index in [9.17, 15) is 4.79 Å². The highest BCUT2D eigenvalue weighted by molar-refractivity contribution is 5.85. The molecular formula is C9H11NO3. The summed E-state index contributed by atoms with van der Waals surface area (Å²) in [6.07, 6.45) is 3.12. The fourth-order valence-corrected chi connectivity index (χ4v) is 1.37. The smallest absolute Gasteiger partial charge is 0.373 e. The highest BCUT2D eigenvalue weighted by atomic mass is 16.4. The number of aromatic nitrogens is 1. The Morgan fingerprint density at radius 1 is 1.69 bits per heavy atom. The first-order chi connectivity index (χ1) is 6.16. The van der Waals surface area contributed by atoms with Crippen molar-refractivity contribution in [3.8, 4) is 0 Å². The number of carboxylic acid groups (broad SMARTS) is 1. The van der Waals surface area contributed by atoms with Gasteiger partial charge in [0.2, 0.25) is 5.76 Å². The first-order valence-corrected chi connectivity index (χ1v) is 4.36. The standard InChI is InChI=1S/C9H11NO3/c1-5-10-7(4-6-2-3-6)8(13-5)9(11)12/h6H,2-4H2,1H3,(H,11,12). The summed E-state index contributed by atoms with van der Waals surface area (Å²) >= 11 is 0. The van der Waals surface area contributed by atoms with E-state index in [-0.39, 0.29) is 5.76 Å². The molecule has 1 aliphatic rings. The van der Waals surface area contributed by atoms with Crippen LogP contribution in [0.4, 0.5) is 0 Å². The fraction of sp³-hybridized carbons (Fsp3) is 0.556. The quantitative estimate of drug-likeness (QED) is 0.769. The lowest BCUT2D eigenvalue weighted by Gasteiger charge is -1.92. The molecule has 4 nitrogen and oxygen atoms in total. The second-order valence-corrected chi connectivity index (χ2v) is 3.46. The number of carboxylic acids is 1. The second kappa shape index (κ2) is 2.87. The van der Waals surface area contributed by atoms with Gasteiger partial charge < -0.3 is 9.52 Å². The number of hydrogen-bond acceptors (Lipinski definition) is 3. The molecule has 1 aromatic rings. The summed E-state index contributed by atoms with van der Waals surface area (Å²) in [5, 5.41) is 8.78. The largest absolute Gasteiger partial charge is 0.475 e. The molecule has 0 bridgehead atoms. The first-order valence-electron chi connectivity index (χ1n) is 4.36. The van der Waals surface area contributed by atoms with Crippen LogP contribution < -0.4 is 0 Å². The lowest BCUT2D eigenvalue weighted by atomic mass is 10.2. The Labute approximate surface area is 75.6 Å². The van der Waals surface area contributed by atoms with Crippen molar-refractivity contribution in [2.24, 2.45) is 5.92 Å². The van der Waals surface area contributed by atoms with Crippen molar-refractivity contribution in [1.82, 2.24) is 4.98 Å². The van der Waals surface area contributed by atoms with Crippen LogP contribution in [0.1, 0.15) is 35.0 Å². The van der Waals surface area contributed by atoms with E-state index in [1.807, 2.05) is 0 Å². The van der Waals surface area contributed by atoms with Crippen LogP contribution >= 0.6 is 0 Å². The second-order valence-electron chi connectivity index (χ2n) is 3.46. The minimum absolute atomic E-state index is 0.0180. The number of nitrogens with zero attached hydrogens (tertiary/aromatic N) is 1. The Kier molecular flexibility index (Phi) is 1.83. The predicted molar refractivity (Wildman–Crippen MR) is 44.6 cm³/mol. The van der Waals surface area contributed by atoms with Crippen molar-refractivity contribution < 1.29 is 14.3 Å². The molecule has 0 saturated heterocycles. The molecule has 0 radical (unpaired) electrons. The van der Waals surface area contributed by atoms with Crippen LogP contribution in [0.25, 0.3) is 0 Å². The molecule has 13 heavy (non-hydrogen) atoms. The Morgan fingerprint density at radius 3 is 2.92 bits per heavy atom. The van der Waals surface area contributed by atoms with Crippen LogP contribution in [-0.2, 0) is 6.42 Å². The van der Waals surface area contributed by atoms with Crippen LogP contribution in [0, 0.1) is 12.8 Å².